The fourth-order valence-electron chi connectivity index (χ4n) is 2.09. The molecule has 0 aromatic heterocycles. The number of ether oxygens (including phenoxy) is 1. The molecule has 0 fully saturated rings. The summed E-state index contributed by atoms with van der Waals surface area (Å²) < 4.78 is 5.71. The highest BCUT2D eigenvalue weighted by Gasteiger charge is 2.20. The van der Waals surface area contributed by atoms with E-state index in [0.29, 0.717) is 5.92 Å². The maximum atomic E-state index is 5.71. The van der Waals surface area contributed by atoms with Crippen LogP contribution in [0.1, 0.15) is 5.56 Å². The molecule has 0 saturated heterocycles. The maximum absolute atomic E-state index is 5.71. The molecule has 0 spiro atoms. The van der Waals surface area contributed by atoms with Gasteiger partial charge < -0.3 is 15.4 Å². The van der Waals surface area contributed by atoms with E-state index in [-0.39, 0.29) is 0 Å². The predicted octanol–water partition coefficient (Wildman–Crippen LogP) is 1.38. The van der Waals surface area contributed by atoms with E-state index in [9.17, 15) is 0 Å². The van der Waals surface area contributed by atoms with Crippen molar-refractivity contribution in [2.45, 2.75) is 6.42 Å². The summed E-state index contributed by atoms with van der Waals surface area (Å²) in [5.41, 5.74) is 7.77. The quantitative estimate of drug-likeness (QED) is 0.743. The average molecular weight is 206 g/mol. The van der Waals surface area contributed by atoms with Crippen LogP contribution >= 0.6 is 0 Å². The molecular weight excluding hydrogens is 188 g/mol. The first-order chi connectivity index (χ1) is 7.15. The summed E-state index contributed by atoms with van der Waals surface area (Å²) in [5.74, 6) is 1.56. The number of rotatable bonds is 2. The Morgan fingerprint density at radius 3 is 3.00 bits per heavy atom. The van der Waals surface area contributed by atoms with Crippen molar-refractivity contribution in [3.63, 3.8) is 0 Å². The molecule has 0 unspecified atom stereocenters. The van der Waals surface area contributed by atoms with Gasteiger partial charge in [0.2, 0.25) is 0 Å². The summed E-state index contributed by atoms with van der Waals surface area (Å²) in [6.45, 7) is 1.87. The van der Waals surface area contributed by atoms with E-state index >= 15 is 0 Å². The largest absolute Gasteiger partial charge is 0.493 e. The van der Waals surface area contributed by atoms with Gasteiger partial charge in [-0.25, -0.2) is 0 Å². The van der Waals surface area contributed by atoms with E-state index in [0.717, 1.165) is 31.0 Å². The first-order valence-electron chi connectivity index (χ1n) is 5.31. The molecule has 1 aromatic carbocycles. The van der Waals surface area contributed by atoms with Crippen molar-refractivity contribution in [3.05, 3.63) is 23.8 Å². The third kappa shape index (κ3) is 2.42. The molecule has 1 aliphatic heterocycles. The zero-order chi connectivity index (χ0) is 10.8. The van der Waals surface area contributed by atoms with E-state index in [1.807, 2.05) is 12.1 Å². The second-order valence-electron chi connectivity index (χ2n) is 4.51. The average Bonchev–Trinajstić information content (AvgIpc) is 2.17. The van der Waals surface area contributed by atoms with Crippen LogP contribution < -0.4 is 10.5 Å². The highest BCUT2D eigenvalue weighted by atomic mass is 16.5. The second-order valence-corrected chi connectivity index (χ2v) is 4.51. The fourth-order valence-corrected chi connectivity index (χ4v) is 2.09. The second kappa shape index (κ2) is 4.11. The lowest BCUT2D eigenvalue weighted by Crippen LogP contribution is -2.30. The Hall–Kier alpha value is -1.22. The summed E-state index contributed by atoms with van der Waals surface area (Å²) in [4.78, 5) is 2.20. The molecule has 0 saturated carbocycles. The third-order valence-corrected chi connectivity index (χ3v) is 2.70. The number of anilines is 1. The monoisotopic (exact) mass is 206 g/mol. The molecule has 0 amide bonds. The van der Waals surface area contributed by atoms with Crippen LogP contribution in [0.25, 0.3) is 0 Å². The molecule has 2 N–H and O–H groups in total. The molecular formula is C12H18N2O. The van der Waals surface area contributed by atoms with Gasteiger partial charge in [-0.05, 0) is 32.1 Å². The molecule has 3 nitrogen and oxygen atoms in total. The zero-order valence-electron chi connectivity index (χ0n) is 9.36. The zero-order valence-corrected chi connectivity index (χ0v) is 9.36. The van der Waals surface area contributed by atoms with E-state index < -0.39 is 0 Å². The van der Waals surface area contributed by atoms with Gasteiger partial charge in [0, 0.05) is 24.2 Å². The smallest absolute Gasteiger partial charge is 0.124 e. The molecule has 2 rings (SSSR count). The van der Waals surface area contributed by atoms with Crippen LogP contribution in [0.5, 0.6) is 5.75 Å². The van der Waals surface area contributed by atoms with Crippen LogP contribution in [0, 0.1) is 5.92 Å². The standard InChI is InChI=1S/C12H18N2O/c1-14(2)7-9-5-10-3-4-11(13)6-12(10)15-8-9/h3-4,6,9H,5,7-8,13H2,1-2H3/t9-/m0/s1. The fraction of sp³-hybridized carbons (Fsp3) is 0.500. The lowest BCUT2D eigenvalue weighted by atomic mass is 9.96. The lowest BCUT2D eigenvalue weighted by Gasteiger charge is -2.27. The van der Waals surface area contributed by atoms with Crippen molar-refractivity contribution in [1.29, 1.82) is 0 Å². The van der Waals surface area contributed by atoms with Gasteiger partial charge in [-0.15, -0.1) is 0 Å². The Bertz CT molecular complexity index is 349. The molecule has 0 aliphatic carbocycles. The molecule has 1 heterocycles. The van der Waals surface area contributed by atoms with Crippen LogP contribution in [-0.4, -0.2) is 32.1 Å². The SMILES string of the molecule is CN(C)C[C@H]1COc2cc(N)ccc2C1. The molecule has 0 radical (unpaired) electrons. The number of benzene rings is 1. The highest BCUT2D eigenvalue weighted by Crippen LogP contribution is 2.29. The summed E-state index contributed by atoms with van der Waals surface area (Å²) in [6, 6.07) is 5.94. The van der Waals surface area contributed by atoms with Gasteiger partial charge >= 0.3 is 0 Å². The molecule has 15 heavy (non-hydrogen) atoms. The summed E-state index contributed by atoms with van der Waals surface area (Å²) in [7, 11) is 4.19. The first-order valence-corrected chi connectivity index (χ1v) is 5.31. The number of nitrogens with zero attached hydrogens (tertiary/aromatic N) is 1. The normalized spacial score (nSPS) is 19.8. The number of nitrogen functional groups attached to an aromatic ring is 1. The topological polar surface area (TPSA) is 38.5 Å². The Morgan fingerprint density at radius 1 is 1.47 bits per heavy atom. The maximum Gasteiger partial charge on any atom is 0.124 e. The molecule has 1 atom stereocenters. The summed E-state index contributed by atoms with van der Waals surface area (Å²) in [5, 5.41) is 0. The Morgan fingerprint density at radius 2 is 2.27 bits per heavy atom. The van der Waals surface area contributed by atoms with Gasteiger partial charge in [0.1, 0.15) is 5.75 Å². The minimum absolute atomic E-state index is 0.594. The minimum atomic E-state index is 0.594. The number of fused-ring (bicyclic) bond motifs is 1. The van der Waals surface area contributed by atoms with Gasteiger partial charge in [0.15, 0.2) is 0 Å². The van der Waals surface area contributed by atoms with Crippen LogP contribution in [0.2, 0.25) is 0 Å². The summed E-state index contributed by atoms with van der Waals surface area (Å²) in [6.07, 6.45) is 1.09. The van der Waals surface area contributed by atoms with Crippen LogP contribution in [-0.2, 0) is 6.42 Å². The van der Waals surface area contributed by atoms with E-state index in [4.69, 9.17) is 10.5 Å². The van der Waals surface area contributed by atoms with Crippen molar-refractivity contribution in [2.24, 2.45) is 5.92 Å². The number of nitrogens with two attached hydrogens (primary N) is 1. The number of hydrogen-bond donors (Lipinski definition) is 1. The molecule has 1 aromatic rings. The molecule has 1 aliphatic rings. The van der Waals surface area contributed by atoms with Crippen LogP contribution in [0.4, 0.5) is 5.69 Å². The van der Waals surface area contributed by atoms with Gasteiger partial charge in [0.05, 0.1) is 6.61 Å². The van der Waals surface area contributed by atoms with E-state index in [1.54, 1.807) is 0 Å². The Balaban J connectivity index is 2.10. The highest BCUT2D eigenvalue weighted by molar-refractivity contribution is 5.49. The molecule has 0 bridgehead atoms. The van der Waals surface area contributed by atoms with Crippen LogP contribution in [0.3, 0.4) is 0 Å². The number of hydrogen-bond acceptors (Lipinski definition) is 3. The van der Waals surface area contributed by atoms with Gasteiger partial charge in [-0.3, -0.25) is 0 Å². The van der Waals surface area contributed by atoms with Crippen molar-refractivity contribution in [2.75, 3.05) is 33.0 Å². The molecule has 82 valence electrons. The lowest BCUT2D eigenvalue weighted by molar-refractivity contribution is 0.188. The first kappa shape index (κ1) is 10.3. The Labute approximate surface area is 90.8 Å². The van der Waals surface area contributed by atoms with E-state index in [1.165, 1.54) is 5.56 Å². The molecule has 3 heteroatoms. The predicted molar refractivity (Wildman–Crippen MR) is 62.1 cm³/mol. The van der Waals surface area contributed by atoms with Crippen molar-refractivity contribution in [1.82, 2.24) is 4.90 Å². The van der Waals surface area contributed by atoms with Crippen LogP contribution in [0.15, 0.2) is 18.2 Å². The Kier molecular flexibility index (Phi) is 2.82. The van der Waals surface area contributed by atoms with Gasteiger partial charge in [-0.2, -0.15) is 0 Å². The van der Waals surface area contributed by atoms with Crippen molar-refractivity contribution >= 4 is 5.69 Å². The van der Waals surface area contributed by atoms with Gasteiger partial charge in [0.25, 0.3) is 0 Å². The van der Waals surface area contributed by atoms with Crippen molar-refractivity contribution in [3.8, 4) is 5.75 Å². The van der Waals surface area contributed by atoms with E-state index in [2.05, 4.69) is 25.1 Å². The third-order valence-electron chi connectivity index (χ3n) is 2.70. The summed E-state index contributed by atoms with van der Waals surface area (Å²) >= 11 is 0. The minimum Gasteiger partial charge on any atom is -0.493 e. The van der Waals surface area contributed by atoms with Crippen molar-refractivity contribution < 1.29 is 4.74 Å². The van der Waals surface area contributed by atoms with Gasteiger partial charge in [-0.1, -0.05) is 6.07 Å².